The molecule has 1 spiro atoms. The molecular weight excluding hydrogens is 478 g/mol. The summed E-state index contributed by atoms with van der Waals surface area (Å²) in [5.41, 5.74) is 7.31. The van der Waals surface area contributed by atoms with Gasteiger partial charge in [0.25, 0.3) is 0 Å². The number of rotatable bonds is 6. The fourth-order valence-corrected chi connectivity index (χ4v) is 7.42. The average molecular weight is 520 g/mol. The highest BCUT2D eigenvalue weighted by atomic mass is 15.3. The molecule has 0 saturated carbocycles. The van der Waals surface area contributed by atoms with Crippen LogP contribution in [0.1, 0.15) is 29.7 Å². The molecule has 2 fully saturated rings. The SMILES string of the molecule is c1ccc(CN2CCC3(CC2)c2[nH]c4ccccc4c2CCN3CCN2CCN(c3ccccc3)CC2)cc1. The van der Waals surface area contributed by atoms with Gasteiger partial charge in [-0.25, -0.2) is 0 Å². The number of anilines is 1. The van der Waals surface area contributed by atoms with Crippen LogP contribution in [0.15, 0.2) is 84.9 Å². The van der Waals surface area contributed by atoms with Crippen molar-refractivity contribution >= 4 is 16.6 Å². The first-order valence-electron chi connectivity index (χ1n) is 14.9. The van der Waals surface area contributed by atoms with Crippen molar-refractivity contribution < 1.29 is 0 Å². The molecule has 0 atom stereocenters. The van der Waals surface area contributed by atoms with Gasteiger partial charge in [-0.15, -0.1) is 0 Å². The first-order chi connectivity index (χ1) is 19.3. The lowest BCUT2D eigenvalue weighted by atomic mass is 9.77. The number of aromatic amines is 1. The van der Waals surface area contributed by atoms with Gasteiger partial charge in [0, 0.05) is 87.7 Å². The lowest BCUT2D eigenvalue weighted by Crippen LogP contribution is -2.58. The second-order valence-corrected chi connectivity index (χ2v) is 11.7. The number of nitrogens with zero attached hydrogens (tertiary/aromatic N) is 4. The standard InChI is InChI=1S/C34H41N5/c1-3-9-28(10-4-1)27-37-19-16-34(17-20-37)33-31(30-13-7-8-14-32(30)35-33)15-18-39(34)26-23-36-21-24-38(25-22-36)29-11-5-2-6-12-29/h1-14,35H,15-27H2. The molecule has 0 bridgehead atoms. The number of para-hydroxylation sites is 2. The van der Waals surface area contributed by atoms with Gasteiger partial charge < -0.3 is 9.88 Å². The van der Waals surface area contributed by atoms with Gasteiger partial charge in [0.1, 0.15) is 0 Å². The number of fused-ring (bicyclic) bond motifs is 4. The van der Waals surface area contributed by atoms with Crippen LogP contribution < -0.4 is 4.90 Å². The minimum atomic E-state index is 0.117. The zero-order chi connectivity index (χ0) is 26.1. The maximum absolute atomic E-state index is 3.95. The predicted molar refractivity (Wildman–Crippen MR) is 161 cm³/mol. The summed E-state index contributed by atoms with van der Waals surface area (Å²) in [5, 5.41) is 1.44. The first kappa shape index (κ1) is 24.9. The Morgan fingerprint density at radius 1 is 0.641 bits per heavy atom. The van der Waals surface area contributed by atoms with Crippen LogP contribution in [0.4, 0.5) is 5.69 Å². The molecule has 4 heterocycles. The van der Waals surface area contributed by atoms with E-state index in [1.165, 1.54) is 40.7 Å². The number of H-pyrrole nitrogens is 1. The van der Waals surface area contributed by atoms with Gasteiger partial charge in [0.15, 0.2) is 0 Å². The lowest BCUT2D eigenvalue weighted by molar-refractivity contribution is -0.00148. The monoisotopic (exact) mass is 519 g/mol. The van der Waals surface area contributed by atoms with E-state index in [1.807, 2.05) is 0 Å². The molecule has 5 nitrogen and oxygen atoms in total. The minimum absolute atomic E-state index is 0.117. The summed E-state index contributed by atoms with van der Waals surface area (Å²) in [6.45, 7) is 11.4. The van der Waals surface area contributed by atoms with Gasteiger partial charge in [0.2, 0.25) is 0 Å². The van der Waals surface area contributed by atoms with E-state index in [1.54, 1.807) is 5.56 Å². The van der Waals surface area contributed by atoms with Gasteiger partial charge in [-0.2, -0.15) is 0 Å². The molecule has 2 saturated heterocycles. The molecule has 0 radical (unpaired) electrons. The quantitative estimate of drug-likeness (QED) is 0.372. The predicted octanol–water partition coefficient (Wildman–Crippen LogP) is 5.34. The van der Waals surface area contributed by atoms with Crippen LogP contribution >= 0.6 is 0 Å². The van der Waals surface area contributed by atoms with Crippen LogP contribution in [0.2, 0.25) is 0 Å². The highest BCUT2D eigenvalue weighted by Gasteiger charge is 2.46. The van der Waals surface area contributed by atoms with Crippen molar-refractivity contribution in [3.63, 3.8) is 0 Å². The summed E-state index contributed by atoms with van der Waals surface area (Å²) in [6.07, 6.45) is 3.54. The Labute approximate surface area is 233 Å². The molecule has 0 aliphatic carbocycles. The van der Waals surface area contributed by atoms with Crippen molar-refractivity contribution in [2.45, 2.75) is 31.3 Å². The van der Waals surface area contributed by atoms with Gasteiger partial charge in [-0.3, -0.25) is 14.7 Å². The highest BCUT2D eigenvalue weighted by molar-refractivity contribution is 5.85. The summed E-state index contributed by atoms with van der Waals surface area (Å²) in [4.78, 5) is 14.7. The third kappa shape index (κ3) is 4.88. The Morgan fingerprint density at radius 3 is 2.10 bits per heavy atom. The normalized spacial score (nSPS) is 20.5. The van der Waals surface area contributed by atoms with Gasteiger partial charge in [0.05, 0.1) is 5.54 Å². The van der Waals surface area contributed by atoms with Crippen molar-refractivity contribution in [3.8, 4) is 0 Å². The molecule has 0 amide bonds. The Balaban J connectivity index is 1.07. The zero-order valence-electron chi connectivity index (χ0n) is 23.1. The third-order valence-electron chi connectivity index (χ3n) is 9.63. The van der Waals surface area contributed by atoms with E-state index >= 15 is 0 Å². The van der Waals surface area contributed by atoms with Gasteiger partial charge in [-0.05, 0) is 48.6 Å². The molecular formula is C34H41N5. The first-order valence-corrected chi connectivity index (χ1v) is 14.9. The van der Waals surface area contributed by atoms with E-state index in [2.05, 4.69) is 110 Å². The van der Waals surface area contributed by atoms with E-state index < -0.39 is 0 Å². The number of piperidine rings is 1. The Bertz CT molecular complexity index is 1360. The van der Waals surface area contributed by atoms with Crippen molar-refractivity contribution in [1.29, 1.82) is 0 Å². The molecule has 7 rings (SSSR count). The van der Waals surface area contributed by atoms with Crippen molar-refractivity contribution in [1.82, 2.24) is 19.7 Å². The lowest BCUT2D eigenvalue weighted by Gasteiger charge is -2.52. The van der Waals surface area contributed by atoms with E-state index in [4.69, 9.17) is 0 Å². The summed E-state index contributed by atoms with van der Waals surface area (Å²) >= 11 is 0. The van der Waals surface area contributed by atoms with Crippen LogP contribution in [0.5, 0.6) is 0 Å². The van der Waals surface area contributed by atoms with Crippen molar-refractivity contribution in [2.24, 2.45) is 0 Å². The van der Waals surface area contributed by atoms with E-state index in [-0.39, 0.29) is 5.54 Å². The average Bonchev–Trinajstić information content (AvgIpc) is 3.39. The third-order valence-corrected chi connectivity index (χ3v) is 9.63. The van der Waals surface area contributed by atoms with Crippen LogP contribution in [0, 0.1) is 0 Å². The topological polar surface area (TPSA) is 28.8 Å². The number of piperazine rings is 1. The van der Waals surface area contributed by atoms with Crippen LogP contribution in [-0.4, -0.2) is 78.6 Å². The second-order valence-electron chi connectivity index (χ2n) is 11.7. The summed E-state index contributed by atoms with van der Waals surface area (Å²) < 4.78 is 0. The molecule has 202 valence electrons. The fourth-order valence-electron chi connectivity index (χ4n) is 7.42. The molecule has 1 N–H and O–H groups in total. The maximum atomic E-state index is 3.95. The molecule has 4 aromatic rings. The molecule has 3 aromatic carbocycles. The summed E-state index contributed by atoms with van der Waals surface area (Å²) in [5.74, 6) is 0. The molecule has 3 aliphatic heterocycles. The van der Waals surface area contributed by atoms with Crippen molar-refractivity contribution in [3.05, 3.63) is 102 Å². The number of nitrogens with one attached hydrogen (secondary N) is 1. The molecule has 39 heavy (non-hydrogen) atoms. The van der Waals surface area contributed by atoms with E-state index in [0.29, 0.717) is 0 Å². The van der Waals surface area contributed by atoms with E-state index in [9.17, 15) is 0 Å². The second kappa shape index (κ2) is 10.8. The highest BCUT2D eigenvalue weighted by Crippen LogP contribution is 2.45. The van der Waals surface area contributed by atoms with Gasteiger partial charge >= 0.3 is 0 Å². The molecule has 3 aliphatic rings. The van der Waals surface area contributed by atoms with Crippen LogP contribution in [0.3, 0.4) is 0 Å². The summed E-state index contributed by atoms with van der Waals surface area (Å²) in [7, 11) is 0. The number of aromatic nitrogens is 1. The maximum Gasteiger partial charge on any atom is 0.0639 e. The summed E-state index contributed by atoms with van der Waals surface area (Å²) in [6, 6.07) is 30.9. The minimum Gasteiger partial charge on any atom is -0.369 e. The molecule has 0 unspecified atom stereocenters. The van der Waals surface area contributed by atoms with Crippen LogP contribution in [-0.2, 0) is 18.5 Å². The Hall–Kier alpha value is -3.12. The Kier molecular flexibility index (Phi) is 6.89. The smallest absolute Gasteiger partial charge is 0.0639 e. The van der Waals surface area contributed by atoms with Gasteiger partial charge in [-0.1, -0.05) is 66.7 Å². The molecule has 5 heteroatoms. The Morgan fingerprint density at radius 2 is 1.33 bits per heavy atom. The number of likely N-dealkylation sites (tertiary alicyclic amines) is 1. The zero-order valence-corrected chi connectivity index (χ0v) is 23.1. The van der Waals surface area contributed by atoms with Crippen molar-refractivity contribution in [2.75, 3.05) is 63.8 Å². The number of hydrogen-bond acceptors (Lipinski definition) is 4. The largest absolute Gasteiger partial charge is 0.369 e. The number of hydrogen-bond donors (Lipinski definition) is 1. The number of benzene rings is 3. The fraction of sp³-hybridized carbons (Fsp3) is 0.412. The van der Waals surface area contributed by atoms with Crippen LogP contribution in [0.25, 0.3) is 10.9 Å². The molecule has 1 aromatic heterocycles. The van der Waals surface area contributed by atoms with E-state index in [0.717, 1.165) is 71.9 Å².